The molecule has 0 saturated carbocycles. The molecule has 3 heterocycles. The highest BCUT2D eigenvalue weighted by molar-refractivity contribution is 5.79. The number of carbonyl (C=O) groups is 1. The van der Waals surface area contributed by atoms with Crippen molar-refractivity contribution in [2.45, 2.75) is 38.9 Å². The van der Waals surface area contributed by atoms with Crippen molar-refractivity contribution in [1.29, 1.82) is 0 Å². The molecule has 8 nitrogen and oxygen atoms in total. The van der Waals surface area contributed by atoms with Crippen molar-refractivity contribution in [2.24, 2.45) is 0 Å². The van der Waals surface area contributed by atoms with Gasteiger partial charge in [0.25, 0.3) is 5.56 Å². The van der Waals surface area contributed by atoms with Gasteiger partial charge in [0.2, 0.25) is 0 Å². The van der Waals surface area contributed by atoms with E-state index >= 15 is 0 Å². The number of rotatable bonds is 6. The first-order chi connectivity index (χ1) is 17.0. The van der Waals surface area contributed by atoms with Crippen LogP contribution in [-0.4, -0.2) is 64.5 Å². The fourth-order valence-electron chi connectivity index (χ4n) is 5.13. The number of amides is 1. The van der Waals surface area contributed by atoms with E-state index in [0.717, 1.165) is 54.5 Å². The van der Waals surface area contributed by atoms with E-state index in [1.54, 1.807) is 4.90 Å². The van der Waals surface area contributed by atoms with Crippen LogP contribution in [0.1, 0.15) is 24.0 Å². The molecule has 2 aliphatic heterocycles. The molecule has 3 aromatic rings. The van der Waals surface area contributed by atoms with Crippen LogP contribution in [0.2, 0.25) is 0 Å². The average molecular weight is 478 g/mol. The third-order valence-electron chi connectivity index (χ3n) is 7.02. The van der Waals surface area contributed by atoms with Gasteiger partial charge in [-0.05, 0) is 55.0 Å². The van der Waals surface area contributed by atoms with Crippen LogP contribution in [0.15, 0.2) is 53.3 Å². The zero-order valence-electron chi connectivity index (χ0n) is 20.0. The second kappa shape index (κ2) is 10.00. The van der Waals surface area contributed by atoms with E-state index in [1.165, 1.54) is 0 Å². The summed E-state index contributed by atoms with van der Waals surface area (Å²) in [4.78, 5) is 28.8. The fourth-order valence-corrected chi connectivity index (χ4v) is 5.13. The Balaban J connectivity index is 1.21. The van der Waals surface area contributed by atoms with Gasteiger partial charge in [-0.15, -0.1) is 0 Å². The summed E-state index contributed by atoms with van der Waals surface area (Å²) >= 11 is 0. The van der Waals surface area contributed by atoms with Crippen LogP contribution in [0.25, 0.3) is 10.9 Å². The molecule has 1 N–H and O–H groups in total. The van der Waals surface area contributed by atoms with Crippen LogP contribution in [0.3, 0.4) is 0 Å². The maximum Gasteiger partial charge on any atom is 0.407 e. The summed E-state index contributed by atoms with van der Waals surface area (Å²) in [5.41, 5.74) is 2.65. The van der Waals surface area contributed by atoms with Gasteiger partial charge in [0.1, 0.15) is 13.2 Å². The van der Waals surface area contributed by atoms with Crippen molar-refractivity contribution in [3.8, 4) is 11.5 Å². The van der Waals surface area contributed by atoms with Gasteiger partial charge in [-0.25, -0.2) is 4.79 Å². The first-order valence-corrected chi connectivity index (χ1v) is 12.2. The topological polar surface area (TPSA) is 84.2 Å². The van der Waals surface area contributed by atoms with E-state index in [2.05, 4.69) is 4.90 Å². The van der Waals surface area contributed by atoms with Crippen LogP contribution in [0.5, 0.6) is 11.5 Å². The number of piperidine rings is 1. The summed E-state index contributed by atoms with van der Waals surface area (Å²) < 4.78 is 13.1. The third kappa shape index (κ3) is 4.98. The quantitative estimate of drug-likeness (QED) is 0.583. The van der Waals surface area contributed by atoms with Crippen molar-refractivity contribution in [2.75, 3.05) is 32.8 Å². The molecule has 184 valence electrons. The van der Waals surface area contributed by atoms with E-state index in [9.17, 15) is 14.7 Å². The summed E-state index contributed by atoms with van der Waals surface area (Å²) in [6, 6.07) is 15.5. The number of para-hydroxylation sites is 1. The molecule has 0 aliphatic carbocycles. The summed E-state index contributed by atoms with van der Waals surface area (Å²) in [6.45, 7) is 6.19. The maximum atomic E-state index is 12.8. The Morgan fingerprint density at radius 1 is 1.03 bits per heavy atom. The number of fused-ring (bicyclic) bond motifs is 2. The zero-order valence-corrected chi connectivity index (χ0v) is 20.0. The molecule has 2 aromatic carbocycles. The van der Waals surface area contributed by atoms with Gasteiger partial charge in [-0.3, -0.25) is 4.79 Å². The average Bonchev–Trinajstić information content (AvgIpc) is 2.88. The van der Waals surface area contributed by atoms with Gasteiger partial charge in [0, 0.05) is 44.3 Å². The van der Waals surface area contributed by atoms with Gasteiger partial charge < -0.3 is 28.9 Å². The molecule has 0 atom stereocenters. The van der Waals surface area contributed by atoms with Gasteiger partial charge >= 0.3 is 6.09 Å². The first kappa shape index (κ1) is 23.2. The lowest BCUT2D eigenvalue weighted by molar-refractivity contribution is 0.0856. The zero-order chi connectivity index (χ0) is 24.4. The molecule has 0 unspecified atom stereocenters. The summed E-state index contributed by atoms with van der Waals surface area (Å²) in [6.07, 6.45) is 0.622. The van der Waals surface area contributed by atoms with Gasteiger partial charge in [0.15, 0.2) is 11.5 Å². The van der Waals surface area contributed by atoms with Crippen LogP contribution in [-0.2, 0) is 13.1 Å². The Morgan fingerprint density at radius 2 is 1.77 bits per heavy atom. The minimum atomic E-state index is -0.906. The molecule has 1 fully saturated rings. The number of ether oxygens (including phenoxy) is 2. The van der Waals surface area contributed by atoms with Crippen molar-refractivity contribution >= 4 is 17.0 Å². The number of nitrogens with zero attached hydrogens (tertiary/aromatic N) is 3. The number of hydrogen-bond acceptors (Lipinski definition) is 5. The molecule has 5 rings (SSSR count). The van der Waals surface area contributed by atoms with Crippen LogP contribution >= 0.6 is 0 Å². The van der Waals surface area contributed by atoms with Crippen molar-refractivity contribution < 1.29 is 19.4 Å². The SMILES string of the molecule is Cc1cc2ccccc2n(CCN2CCC(N(Cc3ccc4c(c3)OCCO4)C(=O)O)CC2)c1=O. The Morgan fingerprint density at radius 3 is 2.54 bits per heavy atom. The van der Waals surface area contributed by atoms with Crippen molar-refractivity contribution in [1.82, 2.24) is 14.4 Å². The fraction of sp³-hybridized carbons (Fsp3) is 0.407. The monoisotopic (exact) mass is 477 g/mol. The minimum absolute atomic E-state index is 0.0422. The predicted octanol–water partition coefficient (Wildman–Crippen LogP) is 3.73. The van der Waals surface area contributed by atoms with E-state index in [4.69, 9.17) is 9.47 Å². The van der Waals surface area contributed by atoms with E-state index in [-0.39, 0.29) is 11.6 Å². The lowest BCUT2D eigenvalue weighted by Gasteiger charge is -2.37. The second-order valence-electron chi connectivity index (χ2n) is 9.30. The summed E-state index contributed by atoms with van der Waals surface area (Å²) in [5.74, 6) is 1.38. The highest BCUT2D eigenvalue weighted by Gasteiger charge is 2.28. The molecular weight excluding hydrogens is 446 g/mol. The molecule has 0 radical (unpaired) electrons. The lowest BCUT2D eigenvalue weighted by Crippen LogP contribution is -2.47. The molecule has 0 bridgehead atoms. The Labute approximate surface area is 204 Å². The Kier molecular flexibility index (Phi) is 6.63. The highest BCUT2D eigenvalue weighted by atomic mass is 16.6. The Bertz CT molecular complexity index is 1280. The number of aromatic nitrogens is 1. The van der Waals surface area contributed by atoms with E-state index in [1.807, 2.05) is 60.0 Å². The lowest BCUT2D eigenvalue weighted by atomic mass is 10.0. The Hall–Kier alpha value is -3.52. The van der Waals surface area contributed by atoms with Crippen LogP contribution in [0, 0.1) is 6.92 Å². The second-order valence-corrected chi connectivity index (χ2v) is 9.30. The number of benzene rings is 2. The number of aryl methyl sites for hydroxylation is 1. The standard InChI is InChI=1S/C27H31N3O5/c1-19-16-21-4-2-3-5-23(21)29(26(19)31)13-12-28-10-8-22(9-11-28)30(27(32)33)18-20-6-7-24-25(17-20)35-15-14-34-24/h2-7,16-17,22H,8-15,18H2,1H3,(H,32,33). The largest absolute Gasteiger partial charge is 0.486 e. The smallest absolute Gasteiger partial charge is 0.407 e. The summed E-state index contributed by atoms with van der Waals surface area (Å²) in [5, 5.41) is 11.0. The van der Waals surface area contributed by atoms with Crippen LogP contribution in [0.4, 0.5) is 4.79 Å². The molecule has 8 heteroatoms. The molecular formula is C27H31N3O5. The maximum absolute atomic E-state index is 12.8. The molecule has 2 aliphatic rings. The van der Waals surface area contributed by atoms with Gasteiger partial charge in [-0.2, -0.15) is 0 Å². The normalized spacial score (nSPS) is 16.4. The van der Waals surface area contributed by atoms with E-state index < -0.39 is 6.09 Å². The number of pyridine rings is 1. The van der Waals surface area contributed by atoms with Crippen molar-refractivity contribution in [3.63, 3.8) is 0 Å². The third-order valence-corrected chi connectivity index (χ3v) is 7.02. The number of hydrogen-bond donors (Lipinski definition) is 1. The molecule has 35 heavy (non-hydrogen) atoms. The number of likely N-dealkylation sites (tertiary alicyclic amines) is 1. The molecule has 1 amide bonds. The number of carboxylic acid groups (broad SMARTS) is 1. The molecule has 1 saturated heterocycles. The van der Waals surface area contributed by atoms with Gasteiger partial charge in [0.05, 0.1) is 5.52 Å². The van der Waals surface area contributed by atoms with Crippen LogP contribution < -0.4 is 15.0 Å². The molecule has 1 aromatic heterocycles. The molecule has 0 spiro atoms. The first-order valence-electron chi connectivity index (χ1n) is 12.2. The van der Waals surface area contributed by atoms with Crippen molar-refractivity contribution in [3.05, 3.63) is 70.0 Å². The van der Waals surface area contributed by atoms with Gasteiger partial charge in [-0.1, -0.05) is 24.3 Å². The minimum Gasteiger partial charge on any atom is -0.486 e. The predicted molar refractivity (Wildman–Crippen MR) is 133 cm³/mol. The summed E-state index contributed by atoms with van der Waals surface area (Å²) in [7, 11) is 0. The van der Waals surface area contributed by atoms with E-state index in [0.29, 0.717) is 37.8 Å². The highest BCUT2D eigenvalue weighted by Crippen LogP contribution is 2.31.